The summed E-state index contributed by atoms with van der Waals surface area (Å²) in [6.45, 7) is 12.1. The molecule has 0 aliphatic rings. The van der Waals surface area contributed by atoms with Gasteiger partial charge in [0.1, 0.15) is 6.29 Å². The van der Waals surface area contributed by atoms with Crippen LogP contribution in [0.1, 0.15) is 39.7 Å². The second-order valence-electron chi connectivity index (χ2n) is 7.95. The molecule has 0 aliphatic carbocycles. The molecule has 0 aromatic heterocycles. The molecule has 0 amide bonds. The van der Waals surface area contributed by atoms with Crippen LogP contribution in [0.3, 0.4) is 0 Å². The highest BCUT2D eigenvalue weighted by molar-refractivity contribution is 8.00. The molecule has 37 heavy (non-hydrogen) atoms. The van der Waals surface area contributed by atoms with Gasteiger partial charge < -0.3 is 19.9 Å². The summed E-state index contributed by atoms with van der Waals surface area (Å²) < 4.78 is 42.9. The Bertz CT molecular complexity index is 998. The lowest BCUT2D eigenvalue weighted by Crippen LogP contribution is -2.41. The van der Waals surface area contributed by atoms with Crippen LogP contribution in [0.5, 0.6) is 0 Å². The Morgan fingerprint density at radius 3 is 2.11 bits per heavy atom. The summed E-state index contributed by atoms with van der Waals surface area (Å²) in [5.41, 5.74) is 2.14. The molecule has 2 rings (SSSR count). The number of carbonyl (C=O) groups excluding carboxylic acids is 1. The Balaban J connectivity index is 0.00000165. The Labute approximate surface area is 223 Å². The second kappa shape index (κ2) is 18.3. The van der Waals surface area contributed by atoms with Crippen molar-refractivity contribution >= 4 is 23.9 Å². The Hall–Kier alpha value is -2.99. The van der Waals surface area contributed by atoms with E-state index >= 15 is 0 Å². The average molecular weight is 535 g/mol. The van der Waals surface area contributed by atoms with Crippen molar-refractivity contribution in [1.82, 2.24) is 0 Å². The van der Waals surface area contributed by atoms with Crippen LogP contribution in [0.15, 0.2) is 84.3 Å². The minimum Gasteiger partial charge on any atom is -0.366 e. The molecule has 0 radical (unpaired) electrons. The molecule has 0 fully saturated rings. The zero-order valence-corrected chi connectivity index (χ0v) is 22.6. The van der Waals surface area contributed by atoms with Gasteiger partial charge in [-0.15, -0.1) is 6.58 Å². The van der Waals surface area contributed by atoms with Crippen molar-refractivity contribution in [2.75, 3.05) is 17.4 Å². The summed E-state index contributed by atoms with van der Waals surface area (Å²) in [4.78, 5) is 9.84. The molecule has 1 unspecified atom stereocenters. The van der Waals surface area contributed by atoms with E-state index in [4.69, 9.17) is 10.5 Å². The van der Waals surface area contributed by atoms with Gasteiger partial charge >= 0.3 is 6.18 Å². The molecule has 2 aromatic rings. The van der Waals surface area contributed by atoms with Gasteiger partial charge in [-0.1, -0.05) is 69.2 Å². The van der Waals surface area contributed by atoms with E-state index in [9.17, 15) is 18.3 Å². The SMILES string of the molecule is C=CCN.CC/C=C/C#CC(O)(c1ccc(N(CC(C)C)Sc2ccccc2)cc1)C(F)(F)F.CC=O. The van der Waals surface area contributed by atoms with Crippen LogP contribution in [0.2, 0.25) is 0 Å². The van der Waals surface area contributed by atoms with Gasteiger partial charge in [0.25, 0.3) is 0 Å². The third kappa shape index (κ3) is 12.7. The molecule has 202 valence electrons. The zero-order chi connectivity index (χ0) is 28.3. The highest BCUT2D eigenvalue weighted by atomic mass is 32.2. The summed E-state index contributed by atoms with van der Waals surface area (Å²) in [6.07, 6.45) is 1.10. The summed E-state index contributed by atoms with van der Waals surface area (Å²) in [6, 6.07) is 15.5. The number of carbonyl (C=O) groups is 1. The van der Waals surface area contributed by atoms with Gasteiger partial charge in [-0.25, -0.2) is 0 Å². The quantitative estimate of drug-likeness (QED) is 0.167. The molecule has 4 nitrogen and oxygen atoms in total. The first-order valence-corrected chi connectivity index (χ1v) is 12.6. The Morgan fingerprint density at radius 2 is 1.68 bits per heavy atom. The molecule has 3 N–H and O–H groups in total. The highest BCUT2D eigenvalue weighted by Crippen LogP contribution is 2.39. The third-order valence-corrected chi connectivity index (χ3v) is 5.39. The minimum absolute atomic E-state index is 0.301. The van der Waals surface area contributed by atoms with E-state index in [0.717, 1.165) is 16.9 Å². The number of aldehydes is 1. The zero-order valence-electron chi connectivity index (χ0n) is 21.8. The number of nitrogens with zero attached hydrogens (tertiary/aromatic N) is 1. The first-order chi connectivity index (χ1) is 17.5. The molecular weight excluding hydrogens is 497 g/mol. The van der Waals surface area contributed by atoms with Crippen molar-refractivity contribution in [3.05, 3.63) is 85.0 Å². The van der Waals surface area contributed by atoms with Crippen LogP contribution in [-0.4, -0.2) is 30.7 Å². The fourth-order valence-electron chi connectivity index (χ4n) is 2.63. The topological polar surface area (TPSA) is 66.6 Å². The number of hydrogen-bond acceptors (Lipinski definition) is 5. The highest BCUT2D eigenvalue weighted by Gasteiger charge is 2.54. The van der Waals surface area contributed by atoms with Crippen LogP contribution < -0.4 is 10.0 Å². The number of alkyl halides is 3. The van der Waals surface area contributed by atoms with E-state index in [1.807, 2.05) is 47.5 Å². The maximum Gasteiger partial charge on any atom is 0.433 e. The van der Waals surface area contributed by atoms with Crippen molar-refractivity contribution in [2.24, 2.45) is 11.7 Å². The van der Waals surface area contributed by atoms with Gasteiger partial charge in [-0.3, -0.25) is 0 Å². The summed E-state index contributed by atoms with van der Waals surface area (Å²) >= 11 is 1.52. The molecule has 2 aromatic carbocycles. The van der Waals surface area contributed by atoms with Crippen LogP contribution in [-0.2, 0) is 10.4 Å². The third-order valence-electron chi connectivity index (χ3n) is 4.33. The van der Waals surface area contributed by atoms with Gasteiger partial charge in [-0.2, -0.15) is 13.2 Å². The van der Waals surface area contributed by atoms with Crippen LogP contribution in [0.25, 0.3) is 0 Å². The van der Waals surface area contributed by atoms with E-state index in [1.165, 1.54) is 37.1 Å². The van der Waals surface area contributed by atoms with Gasteiger partial charge in [0.15, 0.2) is 0 Å². The molecule has 0 heterocycles. The molecule has 0 aliphatic heterocycles. The summed E-state index contributed by atoms with van der Waals surface area (Å²) in [5.74, 6) is 4.65. The fourth-order valence-corrected chi connectivity index (χ4v) is 3.77. The van der Waals surface area contributed by atoms with Crippen LogP contribution in [0, 0.1) is 17.8 Å². The number of hydrogen-bond donors (Lipinski definition) is 2. The largest absolute Gasteiger partial charge is 0.433 e. The maximum atomic E-state index is 13.6. The molecule has 0 bridgehead atoms. The molecule has 0 saturated carbocycles. The number of allylic oxidation sites excluding steroid dienone is 2. The smallest absolute Gasteiger partial charge is 0.366 e. The normalized spacial score (nSPS) is 12.2. The monoisotopic (exact) mass is 534 g/mol. The standard InChI is InChI=1S/C24H26F3NOS.C3H7N.C2H4O/c1-4-5-6-10-17-23(29,24(25,26)27)20-13-15-21(16-14-20)28(18-19(2)3)30-22-11-8-7-9-12-22;1-2-3-4;1-2-3/h5-9,11-16,19,29H,4,18H2,1-3H3;2H,1,3-4H2;2H,1H3/b6-5+;;. The molecular formula is C29H37F3N2O2S. The van der Waals surface area contributed by atoms with Gasteiger partial charge in [0.2, 0.25) is 5.60 Å². The van der Waals surface area contributed by atoms with Crippen LogP contribution in [0.4, 0.5) is 18.9 Å². The predicted octanol–water partition coefficient (Wildman–Crippen LogP) is 6.91. The summed E-state index contributed by atoms with van der Waals surface area (Å²) in [5, 5.41) is 10.4. The van der Waals surface area contributed by atoms with E-state index in [1.54, 1.807) is 24.3 Å². The van der Waals surface area contributed by atoms with Crippen molar-refractivity contribution in [3.63, 3.8) is 0 Å². The Morgan fingerprint density at radius 1 is 1.14 bits per heavy atom. The lowest BCUT2D eigenvalue weighted by atomic mass is 9.93. The average Bonchev–Trinajstić information content (AvgIpc) is 2.86. The van der Waals surface area contributed by atoms with E-state index in [0.29, 0.717) is 25.4 Å². The fraction of sp³-hybridized carbons (Fsp3) is 0.345. The van der Waals surface area contributed by atoms with Gasteiger partial charge in [0.05, 0.1) is 0 Å². The number of rotatable bonds is 8. The maximum absolute atomic E-state index is 13.6. The predicted molar refractivity (Wildman–Crippen MR) is 149 cm³/mol. The van der Waals surface area contributed by atoms with E-state index in [-0.39, 0.29) is 5.56 Å². The first-order valence-electron chi connectivity index (χ1n) is 11.8. The lowest BCUT2D eigenvalue weighted by Gasteiger charge is -2.28. The first kappa shape index (κ1) is 34.0. The number of nitrogens with two attached hydrogens (primary N) is 1. The van der Waals surface area contributed by atoms with Gasteiger partial charge in [-0.05, 0) is 67.5 Å². The van der Waals surface area contributed by atoms with E-state index < -0.39 is 11.8 Å². The lowest BCUT2D eigenvalue weighted by molar-refractivity contribution is -0.240. The number of benzene rings is 2. The molecule has 0 saturated heterocycles. The summed E-state index contributed by atoms with van der Waals surface area (Å²) in [7, 11) is 0. The van der Waals surface area contributed by atoms with Crippen molar-refractivity contribution in [3.8, 4) is 11.8 Å². The number of aliphatic hydroxyl groups is 1. The van der Waals surface area contributed by atoms with Crippen molar-refractivity contribution in [2.45, 2.75) is 50.8 Å². The molecule has 0 spiro atoms. The minimum atomic E-state index is -4.92. The van der Waals surface area contributed by atoms with Crippen molar-refractivity contribution < 1.29 is 23.1 Å². The van der Waals surface area contributed by atoms with Crippen LogP contribution >= 0.6 is 11.9 Å². The molecule has 1 atom stereocenters. The number of halogens is 3. The molecule has 8 heteroatoms. The van der Waals surface area contributed by atoms with E-state index in [2.05, 4.69) is 26.3 Å². The van der Waals surface area contributed by atoms with Crippen molar-refractivity contribution in [1.29, 1.82) is 0 Å². The second-order valence-corrected chi connectivity index (χ2v) is 9.05. The van der Waals surface area contributed by atoms with Gasteiger partial charge in [0, 0.05) is 29.2 Å². The number of anilines is 1. The Kier molecular flexibility index (Phi) is 16.8.